The first-order valence-electron chi connectivity index (χ1n) is 9.02. The van der Waals surface area contributed by atoms with Gasteiger partial charge in [-0.2, -0.15) is 10.2 Å². The van der Waals surface area contributed by atoms with E-state index in [2.05, 4.69) is 31.4 Å². The summed E-state index contributed by atoms with van der Waals surface area (Å²) in [5.41, 5.74) is 1.31. The molecule has 0 atom stereocenters. The van der Waals surface area contributed by atoms with E-state index in [1.807, 2.05) is 18.2 Å². The van der Waals surface area contributed by atoms with Gasteiger partial charge in [-0.3, -0.25) is 14.2 Å². The largest absolute Gasteiger partial charge is 0.308 e. The van der Waals surface area contributed by atoms with E-state index in [9.17, 15) is 13.6 Å². The van der Waals surface area contributed by atoms with Crippen molar-refractivity contribution >= 4 is 39.3 Å². The Morgan fingerprint density at radius 1 is 1.31 bits per heavy atom. The lowest BCUT2D eigenvalue weighted by Crippen LogP contribution is -2.21. The fourth-order valence-electron chi connectivity index (χ4n) is 3.14. The van der Waals surface area contributed by atoms with Crippen LogP contribution < -0.4 is 5.32 Å². The van der Waals surface area contributed by atoms with Crippen LogP contribution in [0.4, 0.5) is 14.6 Å². The molecule has 1 N–H and O–H groups in total. The molecule has 0 bridgehead atoms. The zero-order valence-corrected chi connectivity index (χ0v) is 17.5. The summed E-state index contributed by atoms with van der Waals surface area (Å²) < 4.78 is 29.7. The van der Waals surface area contributed by atoms with Crippen LogP contribution in [0.25, 0.3) is 0 Å². The van der Waals surface area contributed by atoms with E-state index in [0.29, 0.717) is 27.6 Å². The van der Waals surface area contributed by atoms with Crippen molar-refractivity contribution < 1.29 is 13.6 Å². The fourth-order valence-corrected chi connectivity index (χ4v) is 4.13. The van der Waals surface area contributed by atoms with Gasteiger partial charge in [0.1, 0.15) is 12.2 Å². The fraction of sp³-hybridized carbons (Fsp3) is 0.316. The summed E-state index contributed by atoms with van der Waals surface area (Å²) in [5, 5.41) is 11.6. The average molecular weight is 485 g/mol. The molecule has 10 heteroatoms. The van der Waals surface area contributed by atoms with E-state index in [0.717, 1.165) is 18.4 Å². The number of benzene rings is 1. The third-order valence-corrected chi connectivity index (χ3v) is 5.61. The van der Waals surface area contributed by atoms with Crippen molar-refractivity contribution in [2.75, 3.05) is 5.32 Å². The molecule has 6 nitrogen and oxygen atoms in total. The van der Waals surface area contributed by atoms with Gasteiger partial charge in [0.2, 0.25) is 5.91 Å². The highest BCUT2D eigenvalue weighted by Crippen LogP contribution is 2.45. The number of aromatic nitrogens is 4. The highest BCUT2D eigenvalue weighted by Gasteiger charge is 2.34. The van der Waals surface area contributed by atoms with Crippen molar-refractivity contribution in [1.29, 1.82) is 0 Å². The number of nitrogens with zero attached hydrogens (tertiary/aromatic N) is 4. The molecule has 3 aromatic rings. The molecule has 29 heavy (non-hydrogen) atoms. The summed E-state index contributed by atoms with van der Waals surface area (Å²) in [6.45, 7) is 0.352. The number of hydrogen-bond acceptors (Lipinski definition) is 3. The lowest BCUT2D eigenvalue weighted by molar-refractivity contribution is -0.117. The van der Waals surface area contributed by atoms with Gasteiger partial charge in [-0.1, -0.05) is 23.7 Å². The maximum atomic E-state index is 13.2. The quantitative estimate of drug-likeness (QED) is 0.513. The van der Waals surface area contributed by atoms with Crippen molar-refractivity contribution in [3.8, 4) is 0 Å². The van der Waals surface area contributed by atoms with Crippen molar-refractivity contribution in [2.24, 2.45) is 0 Å². The number of anilines is 1. The van der Waals surface area contributed by atoms with Gasteiger partial charge in [-0.05, 0) is 46.5 Å². The Balaban J connectivity index is 1.43. The Morgan fingerprint density at radius 3 is 2.79 bits per heavy atom. The van der Waals surface area contributed by atoms with Gasteiger partial charge < -0.3 is 5.32 Å². The van der Waals surface area contributed by atoms with Crippen LogP contribution in [-0.2, 0) is 17.9 Å². The minimum absolute atomic E-state index is 0.154. The van der Waals surface area contributed by atoms with Crippen LogP contribution in [0, 0.1) is 0 Å². The van der Waals surface area contributed by atoms with Gasteiger partial charge in [0, 0.05) is 23.2 Å². The van der Waals surface area contributed by atoms with Gasteiger partial charge in [-0.25, -0.2) is 8.78 Å². The predicted octanol–water partition coefficient (Wildman–Crippen LogP) is 5.00. The summed E-state index contributed by atoms with van der Waals surface area (Å²) in [7, 11) is 0. The standard InChI is InChI=1S/C19H17BrClF2N5O/c20-16-17(19(22)23)26-28(18(16)12-4-5-12)10-15(29)24-14-6-7-27(25-14)9-11-2-1-3-13(21)8-11/h1-3,6-8,12,19H,4-5,9-10H2,(H,24,25,29). The van der Waals surface area contributed by atoms with Crippen LogP contribution in [0.1, 0.15) is 42.1 Å². The van der Waals surface area contributed by atoms with Crippen molar-refractivity contribution in [2.45, 2.75) is 38.3 Å². The van der Waals surface area contributed by atoms with Crippen LogP contribution in [0.2, 0.25) is 5.02 Å². The van der Waals surface area contributed by atoms with Crippen molar-refractivity contribution in [3.63, 3.8) is 0 Å². The van der Waals surface area contributed by atoms with E-state index in [1.54, 1.807) is 23.0 Å². The maximum absolute atomic E-state index is 13.2. The summed E-state index contributed by atoms with van der Waals surface area (Å²) >= 11 is 9.21. The lowest BCUT2D eigenvalue weighted by Gasteiger charge is -2.07. The topological polar surface area (TPSA) is 64.7 Å². The monoisotopic (exact) mass is 483 g/mol. The van der Waals surface area contributed by atoms with Gasteiger partial charge in [0.15, 0.2) is 5.82 Å². The second-order valence-corrected chi connectivity index (χ2v) is 8.12. The molecule has 0 unspecified atom stereocenters. The molecule has 152 valence electrons. The Bertz CT molecular complexity index is 1050. The molecule has 1 aromatic carbocycles. The van der Waals surface area contributed by atoms with E-state index in [4.69, 9.17) is 11.6 Å². The van der Waals surface area contributed by atoms with Gasteiger partial charge >= 0.3 is 0 Å². The molecule has 1 saturated carbocycles. The number of alkyl halides is 2. The van der Waals surface area contributed by atoms with Gasteiger partial charge in [0.05, 0.1) is 16.7 Å². The number of carbonyl (C=O) groups is 1. The number of hydrogen-bond donors (Lipinski definition) is 1. The molecule has 1 amide bonds. The lowest BCUT2D eigenvalue weighted by atomic mass is 10.2. The first kappa shape index (κ1) is 20.0. The predicted molar refractivity (Wildman–Crippen MR) is 108 cm³/mol. The highest BCUT2D eigenvalue weighted by atomic mass is 79.9. The second-order valence-electron chi connectivity index (χ2n) is 6.89. The number of nitrogens with one attached hydrogen (secondary N) is 1. The minimum atomic E-state index is -2.70. The van der Waals surface area contributed by atoms with Crippen LogP contribution in [0.15, 0.2) is 41.0 Å². The van der Waals surface area contributed by atoms with Crippen LogP contribution >= 0.6 is 27.5 Å². The molecular formula is C19H17BrClF2N5O. The smallest absolute Gasteiger partial charge is 0.283 e. The highest BCUT2D eigenvalue weighted by molar-refractivity contribution is 9.10. The van der Waals surface area contributed by atoms with E-state index < -0.39 is 6.43 Å². The van der Waals surface area contributed by atoms with Crippen LogP contribution in [0.5, 0.6) is 0 Å². The number of halogens is 4. The SMILES string of the molecule is O=C(Cn1nc(C(F)F)c(Br)c1C1CC1)Nc1ccn(Cc2cccc(Cl)c2)n1. The first-order chi connectivity index (χ1) is 13.9. The van der Waals surface area contributed by atoms with E-state index >= 15 is 0 Å². The third-order valence-electron chi connectivity index (χ3n) is 4.56. The molecule has 0 aliphatic heterocycles. The Morgan fingerprint density at radius 2 is 2.10 bits per heavy atom. The molecule has 1 aliphatic carbocycles. The van der Waals surface area contributed by atoms with Gasteiger partial charge in [0.25, 0.3) is 6.43 Å². The van der Waals surface area contributed by atoms with E-state index in [-0.39, 0.29) is 24.1 Å². The summed E-state index contributed by atoms with van der Waals surface area (Å²) in [5.74, 6) is 0.162. The Hall–Kier alpha value is -2.26. The normalized spacial score (nSPS) is 13.8. The van der Waals surface area contributed by atoms with Crippen LogP contribution in [-0.4, -0.2) is 25.5 Å². The van der Waals surface area contributed by atoms with Gasteiger partial charge in [-0.15, -0.1) is 0 Å². The zero-order valence-electron chi connectivity index (χ0n) is 15.2. The van der Waals surface area contributed by atoms with Crippen LogP contribution in [0.3, 0.4) is 0 Å². The molecular weight excluding hydrogens is 468 g/mol. The van der Waals surface area contributed by atoms with Crippen molar-refractivity contribution in [1.82, 2.24) is 19.6 Å². The number of carbonyl (C=O) groups excluding carboxylic acids is 1. The summed E-state index contributed by atoms with van der Waals surface area (Å²) in [4.78, 5) is 12.4. The molecule has 1 aliphatic rings. The molecule has 0 saturated heterocycles. The molecule has 0 spiro atoms. The number of amides is 1. The zero-order chi connectivity index (χ0) is 20.5. The summed E-state index contributed by atoms with van der Waals surface area (Å²) in [6, 6.07) is 9.10. The average Bonchev–Trinajstić information content (AvgIpc) is 3.31. The first-order valence-corrected chi connectivity index (χ1v) is 10.2. The Labute approximate surface area is 179 Å². The molecule has 1 fully saturated rings. The van der Waals surface area contributed by atoms with Crippen molar-refractivity contribution in [3.05, 3.63) is 63.0 Å². The second kappa shape index (κ2) is 8.23. The molecule has 4 rings (SSSR count). The maximum Gasteiger partial charge on any atom is 0.283 e. The summed E-state index contributed by atoms with van der Waals surface area (Å²) in [6.07, 6.45) is 0.852. The minimum Gasteiger partial charge on any atom is -0.308 e. The third kappa shape index (κ3) is 4.67. The molecule has 0 radical (unpaired) electrons. The molecule has 2 aromatic heterocycles. The van der Waals surface area contributed by atoms with E-state index in [1.165, 1.54) is 4.68 Å². The number of rotatable bonds is 7. The Kier molecular flexibility index (Phi) is 5.69. The molecule has 2 heterocycles.